The zero-order chi connectivity index (χ0) is 25.9. The van der Waals surface area contributed by atoms with Crippen molar-refractivity contribution in [2.75, 3.05) is 35.9 Å². The van der Waals surface area contributed by atoms with E-state index in [4.69, 9.17) is 0 Å². The molecule has 1 aliphatic heterocycles. The van der Waals surface area contributed by atoms with Crippen molar-refractivity contribution in [1.29, 1.82) is 0 Å². The number of hydrogen-bond acceptors (Lipinski definition) is 6. The summed E-state index contributed by atoms with van der Waals surface area (Å²) in [5.41, 5.74) is -2.31. The molecule has 1 saturated heterocycles. The van der Waals surface area contributed by atoms with E-state index in [2.05, 4.69) is 16.6 Å². The second kappa shape index (κ2) is 9.99. The van der Waals surface area contributed by atoms with Gasteiger partial charge in [0.2, 0.25) is 0 Å². The summed E-state index contributed by atoms with van der Waals surface area (Å²) in [6, 6.07) is 2.06. The van der Waals surface area contributed by atoms with E-state index < -0.39 is 98.6 Å². The van der Waals surface area contributed by atoms with Gasteiger partial charge in [-0.15, -0.1) is 13.2 Å². The van der Waals surface area contributed by atoms with Crippen molar-refractivity contribution >= 4 is 31.6 Å². The number of carbonyl (C=O) groups is 1. The Hall–Kier alpha value is -2.53. The van der Waals surface area contributed by atoms with Gasteiger partial charge in [0.1, 0.15) is 5.75 Å². The summed E-state index contributed by atoms with van der Waals surface area (Å²) in [7, 11) is -7.97. The van der Waals surface area contributed by atoms with E-state index in [0.29, 0.717) is 12.1 Å². The Labute approximate surface area is 190 Å². The highest BCUT2D eigenvalue weighted by Gasteiger charge is 2.34. The number of anilines is 1. The summed E-state index contributed by atoms with van der Waals surface area (Å²) in [6.07, 6.45) is -10.5. The van der Waals surface area contributed by atoms with Gasteiger partial charge in [0.25, 0.3) is 5.91 Å². The second-order valence-corrected chi connectivity index (χ2v) is 11.0. The van der Waals surface area contributed by atoms with Crippen molar-refractivity contribution in [1.82, 2.24) is 9.62 Å². The maximum atomic E-state index is 12.6. The third-order valence-corrected chi connectivity index (χ3v) is 7.60. The maximum Gasteiger partial charge on any atom is 0.573 e. The third kappa shape index (κ3) is 8.05. The Morgan fingerprint density at radius 3 is 2.24 bits per heavy atom. The number of sulfone groups is 1. The smallest absolute Gasteiger partial charge is 0.406 e. The van der Waals surface area contributed by atoms with Crippen molar-refractivity contribution in [3.05, 3.63) is 35.9 Å². The highest BCUT2D eigenvalue weighted by molar-refractivity contribution is 7.92. The van der Waals surface area contributed by atoms with E-state index in [1.807, 2.05) is 4.72 Å². The predicted octanol–water partition coefficient (Wildman–Crippen LogP) is 2.21. The molecular weight excluding hydrogens is 520 g/mol. The molecule has 192 valence electrons. The molecule has 2 N–H and O–H groups in total. The number of nitrogens with zero attached hydrogens (tertiary/aromatic N) is 1. The zero-order valence-corrected chi connectivity index (χ0v) is 18.8. The maximum absolute atomic E-state index is 12.6. The zero-order valence-electron chi connectivity index (χ0n) is 17.2. The number of amides is 1. The topological polar surface area (TPSA) is 122 Å². The molecule has 34 heavy (non-hydrogen) atoms. The third-order valence-electron chi connectivity index (χ3n) is 4.46. The molecule has 1 aromatic carbocycles. The number of benzene rings is 1. The van der Waals surface area contributed by atoms with Crippen molar-refractivity contribution < 1.29 is 52.7 Å². The fourth-order valence-electron chi connectivity index (χ4n) is 2.71. The molecule has 0 unspecified atom stereocenters. The van der Waals surface area contributed by atoms with Gasteiger partial charge in [0.15, 0.2) is 9.84 Å². The molecular formula is C17H19F6N3O6S2. The first-order valence-electron chi connectivity index (χ1n) is 9.31. The molecule has 0 atom stereocenters. The van der Waals surface area contributed by atoms with E-state index in [0.717, 1.165) is 10.4 Å². The Kier molecular flexibility index (Phi) is 8.14. The Morgan fingerprint density at radius 1 is 1.12 bits per heavy atom. The summed E-state index contributed by atoms with van der Waals surface area (Å²) in [6.45, 7) is 1.42. The molecule has 1 amide bonds. The summed E-state index contributed by atoms with van der Waals surface area (Å²) in [5, 5.41) is 2.10. The second-order valence-electron chi connectivity index (χ2n) is 7.02. The van der Waals surface area contributed by atoms with Gasteiger partial charge in [0.05, 0.1) is 22.8 Å². The summed E-state index contributed by atoms with van der Waals surface area (Å²) in [4.78, 5) is 12.4. The first-order valence-corrected chi connectivity index (χ1v) is 12.6. The first kappa shape index (κ1) is 27.7. The van der Waals surface area contributed by atoms with Crippen molar-refractivity contribution in [2.45, 2.75) is 19.0 Å². The van der Waals surface area contributed by atoms with Gasteiger partial charge in [-0.1, -0.05) is 6.58 Å². The summed E-state index contributed by atoms with van der Waals surface area (Å²) >= 11 is 0. The SMILES string of the molecule is C=C(CCNC(=O)c1ccc(OC(F)(F)F)cc1NS(=O)(=O)N1CCS(=O)(=O)CC1)C(F)(F)F. The highest BCUT2D eigenvalue weighted by atomic mass is 32.2. The van der Waals surface area contributed by atoms with Crippen LogP contribution in [0.15, 0.2) is 30.4 Å². The number of ether oxygens (including phenoxy) is 1. The van der Waals surface area contributed by atoms with Crippen LogP contribution in [0.2, 0.25) is 0 Å². The number of nitrogens with one attached hydrogen (secondary N) is 2. The average molecular weight is 539 g/mol. The Balaban J connectivity index is 2.27. The average Bonchev–Trinajstić information content (AvgIpc) is 2.65. The minimum atomic E-state index is -5.14. The van der Waals surface area contributed by atoms with Gasteiger partial charge in [-0.2, -0.15) is 25.9 Å². The lowest BCUT2D eigenvalue weighted by molar-refractivity contribution is -0.274. The van der Waals surface area contributed by atoms with Gasteiger partial charge < -0.3 is 10.1 Å². The predicted molar refractivity (Wildman–Crippen MR) is 108 cm³/mol. The van der Waals surface area contributed by atoms with E-state index in [1.54, 1.807) is 0 Å². The normalized spacial score (nSPS) is 17.1. The molecule has 1 aromatic rings. The standard InChI is InChI=1S/C17H19F6N3O6S2/c1-11(16(18,19)20)4-5-24-15(27)13-3-2-12(32-17(21,22)23)10-14(13)25-34(30,31)26-6-8-33(28,29)9-7-26/h2-3,10,25H,1,4-9H2,(H,24,27). The van der Waals surface area contributed by atoms with Crippen LogP contribution in [0.3, 0.4) is 0 Å². The quantitative estimate of drug-likeness (QED) is 0.386. The highest BCUT2D eigenvalue weighted by Crippen LogP contribution is 2.29. The largest absolute Gasteiger partial charge is 0.573 e. The molecule has 0 saturated carbocycles. The molecule has 9 nitrogen and oxygen atoms in total. The van der Waals surface area contributed by atoms with Crippen LogP contribution in [-0.4, -0.2) is 70.7 Å². The lowest BCUT2D eigenvalue weighted by Crippen LogP contribution is -2.46. The van der Waals surface area contributed by atoms with E-state index in [9.17, 15) is 48.0 Å². The van der Waals surface area contributed by atoms with Crippen molar-refractivity contribution in [3.8, 4) is 5.75 Å². The van der Waals surface area contributed by atoms with Crippen LogP contribution in [0, 0.1) is 0 Å². The van der Waals surface area contributed by atoms with Gasteiger partial charge in [0, 0.05) is 31.3 Å². The number of hydrogen-bond donors (Lipinski definition) is 2. The molecule has 0 aromatic heterocycles. The molecule has 2 rings (SSSR count). The van der Waals surface area contributed by atoms with Crippen molar-refractivity contribution in [3.63, 3.8) is 0 Å². The van der Waals surface area contributed by atoms with Crippen LogP contribution < -0.4 is 14.8 Å². The molecule has 1 aliphatic rings. The van der Waals surface area contributed by atoms with Crippen LogP contribution in [0.4, 0.5) is 32.0 Å². The first-order chi connectivity index (χ1) is 15.4. The van der Waals surface area contributed by atoms with Gasteiger partial charge in [-0.05, 0) is 18.6 Å². The van der Waals surface area contributed by atoms with E-state index in [-0.39, 0.29) is 0 Å². The fraction of sp³-hybridized carbons (Fsp3) is 0.471. The number of halogens is 6. The molecule has 17 heteroatoms. The summed E-state index contributed by atoms with van der Waals surface area (Å²) < 4.78 is 130. The number of alkyl halides is 6. The lowest BCUT2D eigenvalue weighted by atomic mass is 10.1. The fourth-order valence-corrected chi connectivity index (χ4v) is 5.38. The van der Waals surface area contributed by atoms with Crippen LogP contribution in [0.25, 0.3) is 0 Å². The van der Waals surface area contributed by atoms with E-state index in [1.165, 1.54) is 0 Å². The Bertz CT molecular complexity index is 1140. The molecule has 0 spiro atoms. The number of rotatable bonds is 8. The molecule has 0 aliphatic carbocycles. The molecule has 1 heterocycles. The van der Waals surface area contributed by atoms with Crippen LogP contribution in [-0.2, 0) is 20.0 Å². The number of carbonyl (C=O) groups excluding carboxylic acids is 1. The van der Waals surface area contributed by atoms with Gasteiger partial charge in [-0.25, -0.2) is 8.42 Å². The van der Waals surface area contributed by atoms with Crippen LogP contribution in [0.1, 0.15) is 16.8 Å². The molecule has 0 radical (unpaired) electrons. The minimum absolute atomic E-state index is 0.433. The van der Waals surface area contributed by atoms with Crippen molar-refractivity contribution in [2.24, 2.45) is 0 Å². The Morgan fingerprint density at radius 2 is 1.71 bits per heavy atom. The van der Waals surface area contributed by atoms with Crippen LogP contribution >= 0.6 is 0 Å². The monoisotopic (exact) mass is 539 g/mol. The van der Waals surface area contributed by atoms with Gasteiger partial charge >= 0.3 is 22.7 Å². The van der Waals surface area contributed by atoms with E-state index >= 15 is 0 Å². The molecule has 0 bridgehead atoms. The summed E-state index contributed by atoms with van der Waals surface area (Å²) in [5.74, 6) is -2.94. The van der Waals surface area contributed by atoms with Crippen LogP contribution in [0.5, 0.6) is 5.75 Å². The van der Waals surface area contributed by atoms with Gasteiger partial charge in [-0.3, -0.25) is 9.52 Å². The minimum Gasteiger partial charge on any atom is -0.406 e. The lowest BCUT2D eigenvalue weighted by Gasteiger charge is -2.26. The molecule has 1 fully saturated rings.